The van der Waals surface area contributed by atoms with Crippen LogP contribution in [0.15, 0.2) is 22.7 Å². The van der Waals surface area contributed by atoms with Crippen molar-refractivity contribution in [3.05, 3.63) is 28.2 Å². The van der Waals surface area contributed by atoms with Crippen LogP contribution in [0.1, 0.15) is 38.1 Å². The molecule has 5 nitrogen and oxygen atoms in total. The van der Waals surface area contributed by atoms with E-state index in [9.17, 15) is 9.59 Å². The van der Waals surface area contributed by atoms with E-state index in [0.29, 0.717) is 22.6 Å². The molecule has 0 heterocycles. The molecule has 1 aromatic rings. The lowest BCUT2D eigenvalue weighted by Gasteiger charge is -2.28. The predicted octanol–water partition coefficient (Wildman–Crippen LogP) is 4.05. The summed E-state index contributed by atoms with van der Waals surface area (Å²) in [6.07, 6.45) is 0. The summed E-state index contributed by atoms with van der Waals surface area (Å²) in [4.78, 5) is 25.0. The van der Waals surface area contributed by atoms with Crippen molar-refractivity contribution in [3.63, 3.8) is 0 Å². The van der Waals surface area contributed by atoms with Crippen LogP contribution in [0.4, 0.5) is 10.5 Å². The lowest BCUT2D eigenvalue weighted by molar-refractivity contribution is 0.0697. The Kier molecular flexibility index (Phi) is 6.20. The molecule has 1 rings (SSSR count). The maximum absolute atomic E-state index is 12.3. The van der Waals surface area contributed by atoms with Gasteiger partial charge in [-0.25, -0.2) is 9.59 Å². The third-order valence-electron chi connectivity index (χ3n) is 2.90. The monoisotopic (exact) mass is 356 g/mol. The molecule has 0 spiro atoms. The van der Waals surface area contributed by atoms with Crippen molar-refractivity contribution in [1.82, 2.24) is 4.90 Å². The number of hydrogen-bond donors (Lipinski definition) is 2. The zero-order valence-electron chi connectivity index (χ0n) is 12.7. The molecular formula is C15H21BrN2O3. The Morgan fingerprint density at radius 3 is 2.33 bits per heavy atom. The van der Waals surface area contributed by atoms with Crippen LogP contribution in [0, 0.1) is 5.92 Å². The maximum atomic E-state index is 12.3. The zero-order chi connectivity index (χ0) is 16.2. The highest BCUT2D eigenvalue weighted by Gasteiger charge is 2.19. The van der Waals surface area contributed by atoms with Crippen LogP contribution < -0.4 is 5.32 Å². The number of carbonyl (C=O) groups excluding carboxylic acids is 1. The van der Waals surface area contributed by atoms with Gasteiger partial charge in [-0.05, 0) is 53.9 Å². The summed E-state index contributed by atoms with van der Waals surface area (Å²) < 4.78 is 0.545. The maximum Gasteiger partial charge on any atom is 0.335 e. The molecule has 21 heavy (non-hydrogen) atoms. The van der Waals surface area contributed by atoms with Gasteiger partial charge in [0.05, 0.1) is 11.3 Å². The fourth-order valence-electron chi connectivity index (χ4n) is 1.86. The topological polar surface area (TPSA) is 69.6 Å². The number of halogens is 1. The average molecular weight is 357 g/mol. The van der Waals surface area contributed by atoms with Gasteiger partial charge in [-0.1, -0.05) is 13.8 Å². The number of carboxylic acids is 1. The number of anilines is 1. The van der Waals surface area contributed by atoms with Gasteiger partial charge in [0, 0.05) is 17.1 Å². The van der Waals surface area contributed by atoms with Gasteiger partial charge in [0.1, 0.15) is 0 Å². The van der Waals surface area contributed by atoms with Gasteiger partial charge >= 0.3 is 12.0 Å². The summed E-state index contributed by atoms with van der Waals surface area (Å²) in [6, 6.07) is 4.41. The molecule has 0 bridgehead atoms. The first-order valence-corrected chi connectivity index (χ1v) is 7.62. The van der Waals surface area contributed by atoms with Crippen molar-refractivity contribution in [3.8, 4) is 0 Å². The van der Waals surface area contributed by atoms with Crippen LogP contribution in [-0.4, -0.2) is 34.6 Å². The Hall–Kier alpha value is -1.56. The molecule has 1 aromatic carbocycles. The first-order chi connectivity index (χ1) is 9.72. The normalized spacial score (nSPS) is 10.8. The van der Waals surface area contributed by atoms with Gasteiger partial charge in [0.2, 0.25) is 0 Å². The Labute approximate surface area is 133 Å². The SMILES string of the molecule is CC(C)CN(C(=O)Nc1ccc(C(=O)O)cc1Br)C(C)C. The second kappa shape index (κ2) is 7.45. The molecule has 116 valence electrons. The predicted molar refractivity (Wildman–Crippen MR) is 86.8 cm³/mol. The van der Waals surface area contributed by atoms with E-state index in [-0.39, 0.29) is 17.6 Å². The lowest BCUT2D eigenvalue weighted by atomic mass is 10.2. The molecule has 2 N–H and O–H groups in total. The molecule has 0 radical (unpaired) electrons. The Morgan fingerprint density at radius 1 is 1.29 bits per heavy atom. The van der Waals surface area contributed by atoms with E-state index in [2.05, 4.69) is 35.1 Å². The molecule has 0 aromatic heterocycles. The Balaban J connectivity index is 2.88. The van der Waals surface area contributed by atoms with E-state index >= 15 is 0 Å². The number of amides is 2. The van der Waals surface area contributed by atoms with Crippen molar-refractivity contribution < 1.29 is 14.7 Å². The molecule has 0 unspecified atom stereocenters. The van der Waals surface area contributed by atoms with Crippen LogP contribution >= 0.6 is 15.9 Å². The molecule has 0 aliphatic heterocycles. The summed E-state index contributed by atoms with van der Waals surface area (Å²) in [5, 5.41) is 11.7. The minimum atomic E-state index is -1.00. The summed E-state index contributed by atoms with van der Waals surface area (Å²) >= 11 is 3.28. The van der Waals surface area contributed by atoms with Crippen LogP contribution in [0.2, 0.25) is 0 Å². The number of hydrogen-bond acceptors (Lipinski definition) is 2. The molecule has 0 saturated carbocycles. The number of nitrogens with one attached hydrogen (secondary N) is 1. The van der Waals surface area contributed by atoms with Gasteiger partial charge < -0.3 is 15.3 Å². The molecular weight excluding hydrogens is 336 g/mol. The quantitative estimate of drug-likeness (QED) is 0.835. The third kappa shape index (κ3) is 5.04. The standard InChI is InChI=1S/C15H21BrN2O3/c1-9(2)8-18(10(3)4)15(21)17-13-6-5-11(14(19)20)7-12(13)16/h5-7,9-10H,8H2,1-4H3,(H,17,21)(H,19,20). The minimum Gasteiger partial charge on any atom is -0.478 e. The molecule has 6 heteroatoms. The number of aromatic carboxylic acids is 1. The van der Waals surface area contributed by atoms with Crippen LogP contribution in [0.25, 0.3) is 0 Å². The smallest absolute Gasteiger partial charge is 0.335 e. The highest BCUT2D eigenvalue weighted by Crippen LogP contribution is 2.24. The van der Waals surface area contributed by atoms with E-state index < -0.39 is 5.97 Å². The number of urea groups is 1. The van der Waals surface area contributed by atoms with Gasteiger partial charge in [0.15, 0.2) is 0 Å². The molecule has 0 fully saturated rings. The van der Waals surface area contributed by atoms with Crippen molar-refractivity contribution in [2.45, 2.75) is 33.7 Å². The van der Waals surface area contributed by atoms with Crippen molar-refractivity contribution in [2.75, 3.05) is 11.9 Å². The molecule has 0 aliphatic rings. The number of benzene rings is 1. The largest absolute Gasteiger partial charge is 0.478 e. The van der Waals surface area contributed by atoms with E-state index in [1.807, 2.05) is 13.8 Å². The number of nitrogens with zero attached hydrogens (tertiary/aromatic N) is 1. The van der Waals surface area contributed by atoms with E-state index in [1.165, 1.54) is 12.1 Å². The van der Waals surface area contributed by atoms with Crippen molar-refractivity contribution in [1.29, 1.82) is 0 Å². The highest BCUT2D eigenvalue weighted by molar-refractivity contribution is 9.10. The van der Waals surface area contributed by atoms with Crippen LogP contribution in [-0.2, 0) is 0 Å². The van der Waals surface area contributed by atoms with Crippen LogP contribution in [0.3, 0.4) is 0 Å². The fourth-order valence-corrected chi connectivity index (χ4v) is 2.34. The highest BCUT2D eigenvalue weighted by atomic mass is 79.9. The van der Waals surface area contributed by atoms with Gasteiger partial charge in [0.25, 0.3) is 0 Å². The molecule has 2 amide bonds. The minimum absolute atomic E-state index is 0.0875. The summed E-state index contributed by atoms with van der Waals surface area (Å²) in [5.41, 5.74) is 0.724. The third-order valence-corrected chi connectivity index (χ3v) is 3.56. The number of carbonyl (C=O) groups is 2. The molecule has 0 saturated heterocycles. The average Bonchev–Trinajstić information content (AvgIpc) is 2.37. The Morgan fingerprint density at radius 2 is 1.90 bits per heavy atom. The van der Waals surface area contributed by atoms with Gasteiger partial charge in [-0.3, -0.25) is 0 Å². The number of carboxylic acid groups (broad SMARTS) is 1. The van der Waals surface area contributed by atoms with Crippen molar-refractivity contribution in [2.24, 2.45) is 5.92 Å². The van der Waals surface area contributed by atoms with Crippen molar-refractivity contribution >= 4 is 33.6 Å². The summed E-state index contributed by atoms with van der Waals surface area (Å²) in [7, 11) is 0. The number of rotatable bonds is 5. The first-order valence-electron chi connectivity index (χ1n) is 6.82. The van der Waals surface area contributed by atoms with E-state index in [1.54, 1.807) is 11.0 Å². The summed E-state index contributed by atoms with van der Waals surface area (Å²) in [6.45, 7) is 8.70. The second-order valence-corrected chi connectivity index (χ2v) is 6.42. The lowest BCUT2D eigenvalue weighted by Crippen LogP contribution is -2.42. The second-order valence-electron chi connectivity index (χ2n) is 5.57. The first kappa shape index (κ1) is 17.5. The molecule has 0 aliphatic carbocycles. The van der Waals surface area contributed by atoms with Crippen LogP contribution in [0.5, 0.6) is 0 Å². The molecule has 0 atom stereocenters. The fraction of sp³-hybridized carbons (Fsp3) is 0.467. The Bertz CT molecular complexity index is 530. The van der Waals surface area contributed by atoms with E-state index in [0.717, 1.165) is 0 Å². The zero-order valence-corrected chi connectivity index (χ0v) is 14.3. The van der Waals surface area contributed by atoms with Gasteiger partial charge in [-0.2, -0.15) is 0 Å². The van der Waals surface area contributed by atoms with E-state index in [4.69, 9.17) is 5.11 Å². The summed E-state index contributed by atoms with van der Waals surface area (Å²) in [5.74, 6) is -0.631. The van der Waals surface area contributed by atoms with Gasteiger partial charge in [-0.15, -0.1) is 0 Å².